The van der Waals surface area contributed by atoms with E-state index in [1.54, 1.807) is 0 Å². The smallest absolute Gasteiger partial charge is 0.121 e. The zero-order valence-electron chi connectivity index (χ0n) is 23.6. The average molecular weight is 497 g/mol. The predicted octanol–water partition coefficient (Wildman–Crippen LogP) is 9.18. The Hall–Kier alpha value is -1.74. The third-order valence-corrected chi connectivity index (χ3v) is 13.7. The quantitative estimate of drug-likeness (QED) is 0.227. The minimum atomic E-state index is -1.40. The molecule has 0 saturated carbocycles. The van der Waals surface area contributed by atoms with Crippen LogP contribution in [0.2, 0.25) is 24.2 Å². The fourth-order valence-corrected chi connectivity index (χ4v) is 9.50. The van der Waals surface area contributed by atoms with E-state index in [2.05, 4.69) is 65.8 Å². The molecule has 2 N–H and O–H groups in total. The van der Waals surface area contributed by atoms with Crippen LogP contribution in [0.3, 0.4) is 0 Å². The van der Waals surface area contributed by atoms with Gasteiger partial charge in [0.15, 0.2) is 0 Å². The predicted molar refractivity (Wildman–Crippen MR) is 156 cm³/mol. The molecule has 2 nitrogen and oxygen atoms in total. The molecule has 0 heterocycles. The maximum absolute atomic E-state index is 10.7. The number of hydrogen-bond acceptors (Lipinski definition) is 2. The number of hydrogen-bond donors (Lipinski definition) is 2. The van der Waals surface area contributed by atoms with Gasteiger partial charge in [-0.25, -0.2) is 0 Å². The van der Waals surface area contributed by atoms with Gasteiger partial charge in [0.1, 0.15) is 11.5 Å². The summed E-state index contributed by atoms with van der Waals surface area (Å²) in [7, 11) is -1.40. The van der Waals surface area contributed by atoms with E-state index < -0.39 is 8.07 Å². The summed E-state index contributed by atoms with van der Waals surface area (Å²) < 4.78 is 0. The summed E-state index contributed by atoms with van der Waals surface area (Å²) >= 11 is 0. The van der Waals surface area contributed by atoms with Gasteiger partial charge < -0.3 is 10.2 Å². The van der Waals surface area contributed by atoms with E-state index in [0.29, 0.717) is 11.5 Å². The summed E-state index contributed by atoms with van der Waals surface area (Å²) in [5.41, 5.74) is 7.42. The van der Waals surface area contributed by atoms with Crippen molar-refractivity contribution in [2.45, 2.75) is 130 Å². The Morgan fingerprint density at radius 2 is 0.771 bits per heavy atom. The number of benzene rings is 2. The Labute approximate surface area is 217 Å². The second-order valence-electron chi connectivity index (χ2n) is 10.7. The lowest BCUT2D eigenvalue weighted by atomic mass is 9.97. The van der Waals surface area contributed by atoms with Crippen LogP contribution in [0.5, 0.6) is 11.5 Å². The normalized spacial score (nSPS) is 11.8. The summed E-state index contributed by atoms with van der Waals surface area (Å²) in [5, 5.41) is 21.5. The average Bonchev–Trinajstić information content (AvgIpc) is 2.85. The molecule has 0 saturated heterocycles. The lowest BCUT2D eigenvalue weighted by Gasteiger charge is -2.30. The van der Waals surface area contributed by atoms with Gasteiger partial charge in [0, 0.05) is 0 Å². The Balaban J connectivity index is 2.22. The van der Waals surface area contributed by atoms with Crippen molar-refractivity contribution in [2.24, 2.45) is 0 Å². The summed E-state index contributed by atoms with van der Waals surface area (Å²) in [4.78, 5) is 0. The van der Waals surface area contributed by atoms with E-state index in [1.165, 1.54) is 35.3 Å². The van der Waals surface area contributed by atoms with Crippen LogP contribution >= 0.6 is 0 Å². The van der Waals surface area contributed by atoms with Gasteiger partial charge in [-0.3, -0.25) is 0 Å². The molecule has 2 aromatic rings. The molecule has 0 spiro atoms. The molecular formula is C32H52O2Si. The van der Waals surface area contributed by atoms with Crippen molar-refractivity contribution < 1.29 is 10.2 Å². The Morgan fingerprint density at radius 3 is 1.00 bits per heavy atom. The molecule has 0 radical (unpaired) electrons. The van der Waals surface area contributed by atoms with Crippen LogP contribution in [-0.2, 0) is 38.5 Å². The molecule has 0 aliphatic rings. The minimum absolute atomic E-state index is 0.546. The van der Waals surface area contributed by atoms with E-state index in [-0.39, 0.29) is 0 Å². The summed E-state index contributed by atoms with van der Waals surface area (Å²) in [5.74, 6) is 1.09. The van der Waals surface area contributed by atoms with Crippen LogP contribution in [0.25, 0.3) is 0 Å². The third-order valence-electron chi connectivity index (χ3n) is 8.12. The van der Waals surface area contributed by atoms with Gasteiger partial charge in [-0.05, 0) is 71.9 Å². The highest BCUT2D eigenvalue weighted by Crippen LogP contribution is 2.34. The maximum Gasteiger partial charge on any atom is 0.121 e. The Bertz CT molecular complexity index is 788. The molecule has 0 atom stereocenters. The van der Waals surface area contributed by atoms with E-state index in [1.807, 2.05) is 0 Å². The molecule has 0 aliphatic heterocycles. The molecule has 0 amide bonds. The summed E-state index contributed by atoms with van der Waals surface area (Å²) in [6, 6.07) is 14.5. The van der Waals surface area contributed by atoms with Crippen molar-refractivity contribution >= 4 is 8.07 Å². The number of phenolic OH excluding ortho intramolecular Hbond substituents is 2. The maximum atomic E-state index is 10.7. The molecule has 0 unspecified atom stereocenters. The summed E-state index contributed by atoms with van der Waals surface area (Å²) in [6.07, 6.45) is 10.4. The van der Waals surface area contributed by atoms with Crippen molar-refractivity contribution in [1.82, 2.24) is 0 Å². The monoisotopic (exact) mass is 496 g/mol. The highest BCUT2D eigenvalue weighted by molar-refractivity contribution is 6.79. The van der Waals surface area contributed by atoms with Gasteiger partial charge in [-0.2, -0.15) is 0 Å². The van der Waals surface area contributed by atoms with Crippen molar-refractivity contribution in [2.75, 3.05) is 0 Å². The molecular weight excluding hydrogens is 444 g/mol. The van der Waals surface area contributed by atoms with Gasteiger partial charge in [0.05, 0.1) is 8.07 Å². The van der Waals surface area contributed by atoms with Crippen LogP contribution in [0.15, 0.2) is 24.3 Å². The number of aryl methyl sites for hydroxylation is 6. The number of phenols is 2. The molecule has 196 valence electrons. The van der Waals surface area contributed by atoms with E-state index >= 15 is 0 Å². The molecule has 2 rings (SSSR count). The van der Waals surface area contributed by atoms with Crippen molar-refractivity contribution in [1.29, 1.82) is 0 Å². The Kier molecular flexibility index (Phi) is 12.4. The summed E-state index contributed by atoms with van der Waals surface area (Å²) in [6.45, 7) is 13.6. The second-order valence-corrected chi connectivity index (χ2v) is 16.1. The van der Waals surface area contributed by atoms with Crippen molar-refractivity contribution in [3.05, 3.63) is 57.6 Å². The standard InChI is InChI=1S/C32H52O2Si/c1-7-13-27-21-25(22-28(14-8-2)31(27)33)17-19-35(11-5,12-6)20-18-26-23-29(15-9-3)32(34)30(24-26)16-10-4/h21-24,33-34H,7-20H2,1-6H3. The lowest BCUT2D eigenvalue weighted by Crippen LogP contribution is -2.33. The molecule has 0 fully saturated rings. The van der Waals surface area contributed by atoms with Crippen molar-refractivity contribution in [3.63, 3.8) is 0 Å². The second kappa shape index (κ2) is 14.7. The highest BCUT2D eigenvalue weighted by Gasteiger charge is 2.28. The number of rotatable bonds is 16. The molecule has 2 aromatic carbocycles. The highest BCUT2D eigenvalue weighted by atomic mass is 28.3. The molecule has 0 aromatic heterocycles. The van der Waals surface area contributed by atoms with Crippen LogP contribution in [0.4, 0.5) is 0 Å². The fraction of sp³-hybridized carbons (Fsp3) is 0.625. The first-order valence-corrected chi connectivity index (χ1v) is 17.4. The van der Waals surface area contributed by atoms with Gasteiger partial charge in [0.2, 0.25) is 0 Å². The van der Waals surface area contributed by atoms with Crippen LogP contribution < -0.4 is 0 Å². The zero-order chi connectivity index (χ0) is 25.8. The number of aromatic hydroxyl groups is 2. The largest absolute Gasteiger partial charge is 0.507 e. The van der Waals surface area contributed by atoms with Gasteiger partial charge >= 0.3 is 0 Å². The molecule has 0 bridgehead atoms. The zero-order valence-corrected chi connectivity index (χ0v) is 24.6. The van der Waals surface area contributed by atoms with Crippen LogP contribution in [0, 0.1) is 0 Å². The van der Waals surface area contributed by atoms with Gasteiger partial charge in [-0.1, -0.05) is 116 Å². The van der Waals surface area contributed by atoms with E-state index in [0.717, 1.165) is 86.5 Å². The fourth-order valence-electron chi connectivity index (χ4n) is 5.69. The third kappa shape index (κ3) is 8.13. The van der Waals surface area contributed by atoms with Gasteiger partial charge in [0.25, 0.3) is 0 Å². The first-order chi connectivity index (χ1) is 16.9. The molecule has 3 heteroatoms. The van der Waals surface area contributed by atoms with Crippen LogP contribution in [-0.4, -0.2) is 18.3 Å². The first-order valence-electron chi connectivity index (χ1n) is 14.5. The topological polar surface area (TPSA) is 40.5 Å². The van der Waals surface area contributed by atoms with E-state index in [4.69, 9.17) is 0 Å². The van der Waals surface area contributed by atoms with E-state index in [9.17, 15) is 10.2 Å². The first kappa shape index (κ1) is 29.5. The SMILES string of the molecule is CCCc1cc(CC[Si](CC)(CC)CCc2cc(CCC)c(O)c(CCC)c2)cc(CCC)c1O. The molecule has 35 heavy (non-hydrogen) atoms. The molecule has 0 aliphatic carbocycles. The van der Waals surface area contributed by atoms with Gasteiger partial charge in [-0.15, -0.1) is 0 Å². The Morgan fingerprint density at radius 1 is 0.486 bits per heavy atom. The van der Waals surface area contributed by atoms with Crippen molar-refractivity contribution in [3.8, 4) is 11.5 Å². The minimum Gasteiger partial charge on any atom is -0.507 e. The van der Waals surface area contributed by atoms with Crippen LogP contribution in [0.1, 0.15) is 101 Å². The lowest BCUT2D eigenvalue weighted by molar-refractivity contribution is 0.459.